The summed E-state index contributed by atoms with van der Waals surface area (Å²) >= 11 is 0. The first-order valence-corrected chi connectivity index (χ1v) is 12.5. The predicted octanol–water partition coefficient (Wildman–Crippen LogP) is 3.11. The molecule has 4 amide bonds. The Morgan fingerprint density at radius 3 is 2.33 bits per heavy atom. The molecule has 0 aliphatic carbocycles. The summed E-state index contributed by atoms with van der Waals surface area (Å²) in [6.07, 6.45) is 2.47. The molecule has 2 N–H and O–H groups in total. The Morgan fingerprint density at radius 1 is 0.949 bits per heavy atom. The van der Waals surface area contributed by atoms with Crippen LogP contribution in [-0.2, 0) is 14.3 Å². The molecule has 11 heteroatoms. The van der Waals surface area contributed by atoms with Crippen molar-refractivity contribution in [1.82, 2.24) is 15.6 Å². The van der Waals surface area contributed by atoms with Crippen LogP contribution >= 0.6 is 0 Å². The van der Waals surface area contributed by atoms with Gasteiger partial charge in [0, 0.05) is 18.2 Å². The first-order valence-electron chi connectivity index (χ1n) is 12.5. The third-order valence-electron chi connectivity index (χ3n) is 7.09. The number of hydrogen-bond donors (Lipinski definition) is 2. The molecule has 1 atom stereocenters. The third kappa shape index (κ3) is 4.41. The molecule has 4 heterocycles. The minimum atomic E-state index is -1.47. The summed E-state index contributed by atoms with van der Waals surface area (Å²) in [5.41, 5.74) is 1.00. The highest BCUT2D eigenvalue weighted by Crippen LogP contribution is 2.36. The number of imide groups is 2. The molecule has 1 unspecified atom stereocenters. The van der Waals surface area contributed by atoms with E-state index in [2.05, 4.69) is 15.6 Å². The largest absolute Gasteiger partial charge is 0.497 e. The molecule has 198 valence electrons. The van der Waals surface area contributed by atoms with Crippen LogP contribution in [0.25, 0.3) is 0 Å². The number of aliphatic imine (C=N–C) groups is 1. The standard InChI is InChI=1S/C28H25N5O6/c1-37-20-8-3-17(4-9-20)22-16-38-24(30-22)18-5-10-21(11-6-18)39-23-12-7-19(15-29-23)33-14-2-13-28(33)25(34)31-27(36)32-26(28)35/h3-12,15,22H,2,13-14,16H2,1H3,(H2,31,32,34,35,36). The summed E-state index contributed by atoms with van der Waals surface area (Å²) in [5, 5.41) is 4.41. The molecule has 1 spiro atoms. The van der Waals surface area contributed by atoms with E-state index in [1.54, 1.807) is 42.5 Å². The van der Waals surface area contributed by atoms with Gasteiger partial charge in [-0.15, -0.1) is 0 Å². The molecule has 0 radical (unpaired) electrons. The van der Waals surface area contributed by atoms with Gasteiger partial charge in [-0.1, -0.05) is 12.1 Å². The van der Waals surface area contributed by atoms with E-state index in [-0.39, 0.29) is 6.04 Å². The second kappa shape index (κ2) is 9.75. The van der Waals surface area contributed by atoms with E-state index >= 15 is 0 Å². The van der Waals surface area contributed by atoms with Gasteiger partial charge < -0.3 is 19.1 Å². The van der Waals surface area contributed by atoms with Gasteiger partial charge in [-0.3, -0.25) is 20.2 Å². The molecule has 0 saturated carbocycles. The van der Waals surface area contributed by atoms with E-state index in [1.165, 1.54) is 0 Å². The Morgan fingerprint density at radius 2 is 1.67 bits per heavy atom. The fourth-order valence-electron chi connectivity index (χ4n) is 5.10. The maximum atomic E-state index is 12.7. The summed E-state index contributed by atoms with van der Waals surface area (Å²) in [7, 11) is 1.64. The Labute approximate surface area is 223 Å². The van der Waals surface area contributed by atoms with Gasteiger partial charge in [-0.2, -0.15) is 0 Å². The fourth-order valence-corrected chi connectivity index (χ4v) is 5.10. The molecule has 1 aromatic heterocycles. The van der Waals surface area contributed by atoms with Crippen molar-refractivity contribution in [2.45, 2.75) is 24.4 Å². The minimum absolute atomic E-state index is 0.0782. The molecule has 0 bridgehead atoms. The molecule has 3 aromatic rings. The number of carbonyl (C=O) groups is 3. The van der Waals surface area contributed by atoms with Gasteiger partial charge in [0.05, 0.1) is 19.0 Å². The molecule has 2 saturated heterocycles. The molecule has 2 fully saturated rings. The van der Waals surface area contributed by atoms with Crippen LogP contribution in [0.1, 0.15) is 30.0 Å². The highest BCUT2D eigenvalue weighted by atomic mass is 16.5. The van der Waals surface area contributed by atoms with Gasteiger partial charge in [-0.25, -0.2) is 14.8 Å². The number of hydrogen-bond acceptors (Lipinski definition) is 9. The van der Waals surface area contributed by atoms with Gasteiger partial charge in [0.15, 0.2) is 5.54 Å². The van der Waals surface area contributed by atoms with Crippen molar-refractivity contribution < 1.29 is 28.6 Å². The van der Waals surface area contributed by atoms with Gasteiger partial charge >= 0.3 is 6.03 Å². The van der Waals surface area contributed by atoms with E-state index in [9.17, 15) is 14.4 Å². The monoisotopic (exact) mass is 527 g/mol. The topological polar surface area (TPSA) is 131 Å². The Bertz CT molecular complexity index is 1430. The van der Waals surface area contributed by atoms with Crippen LogP contribution in [0.2, 0.25) is 0 Å². The van der Waals surface area contributed by atoms with Crippen LogP contribution in [0.4, 0.5) is 10.5 Å². The van der Waals surface area contributed by atoms with Gasteiger partial charge in [0.1, 0.15) is 24.1 Å². The number of anilines is 1. The number of nitrogens with zero attached hydrogens (tertiary/aromatic N) is 3. The van der Waals surface area contributed by atoms with Crippen molar-refractivity contribution in [3.05, 3.63) is 78.0 Å². The number of carbonyl (C=O) groups excluding carboxylic acids is 3. The molecule has 6 rings (SSSR count). The van der Waals surface area contributed by atoms with Gasteiger partial charge in [-0.05, 0) is 60.9 Å². The molecule has 3 aliphatic rings. The van der Waals surface area contributed by atoms with Crippen LogP contribution in [-0.4, -0.2) is 54.5 Å². The highest BCUT2D eigenvalue weighted by Gasteiger charge is 2.57. The van der Waals surface area contributed by atoms with Crippen LogP contribution in [0.15, 0.2) is 71.9 Å². The van der Waals surface area contributed by atoms with Gasteiger partial charge in [0.25, 0.3) is 11.8 Å². The first-order chi connectivity index (χ1) is 19.0. The van der Waals surface area contributed by atoms with E-state index in [0.29, 0.717) is 49.2 Å². The summed E-state index contributed by atoms with van der Waals surface area (Å²) in [6, 6.07) is 17.7. The average molecular weight is 528 g/mol. The number of rotatable bonds is 6. The lowest BCUT2D eigenvalue weighted by molar-refractivity contribution is -0.137. The SMILES string of the molecule is COc1ccc(C2COC(c3ccc(Oc4ccc(N5CCCC56C(=O)NC(=O)NC6=O)cn4)cc3)=N2)cc1. The maximum Gasteiger partial charge on any atom is 0.328 e. The minimum Gasteiger partial charge on any atom is -0.497 e. The number of ether oxygens (including phenoxy) is 3. The number of benzene rings is 2. The van der Waals surface area contributed by atoms with E-state index < -0.39 is 23.4 Å². The number of methoxy groups -OCH3 is 1. The molecular formula is C28H25N5O6. The summed E-state index contributed by atoms with van der Waals surface area (Å²) in [4.78, 5) is 47.6. The van der Waals surface area contributed by atoms with Crippen LogP contribution in [0.3, 0.4) is 0 Å². The Balaban J connectivity index is 1.12. The highest BCUT2D eigenvalue weighted by molar-refractivity contribution is 6.24. The fraction of sp³-hybridized carbons (Fsp3) is 0.250. The zero-order valence-corrected chi connectivity index (χ0v) is 21.0. The molecule has 11 nitrogen and oxygen atoms in total. The first kappa shape index (κ1) is 24.4. The van der Waals surface area contributed by atoms with Crippen LogP contribution in [0, 0.1) is 0 Å². The van der Waals surface area contributed by atoms with Crippen molar-refractivity contribution >= 4 is 29.4 Å². The van der Waals surface area contributed by atoms with E-state index in [1.807, 2.05) is 36.4 Å². The van der Waals surface area contributed by atoms with Crippen molar-refractivity contribution in [1.29, 1.82) is 0 Å². The lowest BCUT2D eigenvalue weighted by atomic mass is 9.92. The lowest BCUT2D eigenvalue weighted by Gasteiger charge is -2.38. The van der Waals surface area contributed by atoms with Crippen LogP contribution < -0.4 is 25.0 Å². The van der Waals surface area contributed by atoms with Crippen molar-refractivity contribution in [2.24, 2.45) is 4.99 Å². The Kier molecular flexibility index (Phi) is 6.10. The zero-order valence-electron chi connectivity index (χ0n) is 21.0. The molecule has 39 heavy (non-hydrogen) atoms. The summed E-state index contributed by atoms with van der Waals surface area (Å²) in [6.45, 7) is 0.942. The number of urea groups is 1. The number of amides is 4. The van der Waals surface area contributed by atoms with Crippen molar-refractivity contribution in [3.63, 3.8) is 0 Å². The maximum absolute atomic E-state index is 12.7. The number of barbiturate groups is 1. The summed E-state index contributed by atoms with van der Waals surface area (Å²) in [5.74, 6) is 1.04. The molecule has 3 aliphatic heterocycles. The molecular weight excluding hydrogens is 502 g/mol. The van der Waals surface area contributed by atoms with Crippen LogP contribution in [0.5, 0.6) is 17.4 Å². The Hall–Kier alpha value is -4.93. The van der Waals surface area contributed by atoms with Crippen molar-refractivity contribution in [3.8, 4) is 17.4 Å². The van der Waals surface area contributed by atoms with E-state index in [0.717, 1.165) is 16.9 Å². The molecule has 2 aromatic carbocycles. The predicted molar refractivity (Wildman–Crippen MR) is 140 cm³/mol. The number of aromatic nitrogens is 1. The lowest BCUT2D eigenvalue weighted by Crippen LogP contribution is -2.71. The second-order valence-corrected chi connectivity index (χ2v) is 9.37. The quantitative estimate of drug-likeness (QED) is 0.468. The normalized spacial score (nSPS) is 19.8. The smallest absolute Gasteiger partial charge is 0.328 e. The number of nitrogens with one attached hydrogen (secondary N) is 2. The number of pyridine rings is 1. The zero-order chi connectivity index (χ0) is 27.0. The third-order valence-corrected chi connectivity index (χ3v) is 7.09. The van der Waals surface area contributed by atoms with E-state index in [4.69, 9.17) is 19.2 Å². The summed E-state index contributed by atoms with van der Waals surface area (Å²) < 4.78 is 16.9. The van der Waals surface area contributed by atoms with Crippen molar-refractivity contribution in [2.75, 3.05) is 25.2 Å². The second-order valence-electron chi connectivity index (χ2n) is 9.37. The average Bonchev–Trinajstić information content (AvgIpc) is 3.62. The van der Waals surface area contributed by atoms with Gasteiger partial charge in [0.2, 0.25) is 11.8 Å².